The number of nitrogens with zero attached hydrogens (tertiary/aromatic N) is 1. The molecule has 0 unspecified atom stereocenters. The summed E-state index contributed by atoms with van der Waals surface area (Å²) in [6, 6.07) is 13.1. The van der Waals surface area contributed by atoms with Crippen molar-refractivity contribution in [3.63, 3.8) is 0 Å². The van der Waals surface area contributed by atoms with Gasteiger partial charge in [-0.1, -0.05) is 0 Å². The smallest absolute Gasteiger partial charge is 0.124 e. The number of nitrogens with one attached hydrogen (secondary N) is 1. The van der Waals surface area contributed by atoms with Crippen LogP contribution in [0.3, 0.4) is 0 Å². The van der Waals surface area contributed by atoms with Gasteiger partial charge in [-0.05, 0) is 42.5 Å². The van der Waals surface area contributed by atoms with Crippen LogP contribution >= 0.6 is 0 Å². The van der Waals surface area contributed by atoms with Crippen LogP contribution in [0, 0.1) is 17.1 Å². The summed E-state index contributed by atoms with van der Waals surface area (Å²) in [6.45, 7) is 0. The lowest BCUT2D eigenvalue weighted by Crippen LogP contribution is -1.94. The van der Waals surface area contributed by atoms with Gasteiger partial charge in [0.1, 0.15) is 11.9 Å². The quantitative estimate of drug-likeness (QED) is 0.775. The SMILES string of the molecule is N#Cc1cc(F)ccc1Nc1ccc(N)cc1. The molecule has 0 aliphatic rings. The molecular formula is C13H10FN3. The third-order valence-corrected chi connectivity index (χ3v) is 2.29. The van der Waals surface area contributed by atoms with Gasteiger partial charge in [0.15, 0.2) is 0 Å². The minimum atomic E-state index is -0.426. The van der Waals surface area contributed by atoms with Gasteiger partial charge in [0.2, 0.25) is 0 Å². The van der Waals surface area contributed by atoms with Gasteiger partial charge >= 0.3 is 0 Å². The molecule has 0 saturated carbocycles. The summed E-state index contributed by atoms with van der Waals surface area (Å²) in [5.41, 5.74) is 7.86. The number of rotatable bonds is 2. The Bertz CT molecular complexity index is 570. The van der Waals surface area contributed by atoms with E-state index in [0.29, 0.717) is 11.4 Å². The first-order valence-corrected chi connectivity index (χ1v) is 5.01. The molecule has 3 nitrogen and oxygen atoms in total. The van der Waals surface area contributed by atoms with E-state index in [1.165, 1.54) is 18.2 Å². The van der Waals surface area contributed by atoms with Crippen LogP contribution in [0.4, 0.5) is 21.5 Å². The summed E-state index contributed by atoms with van der Waals surface area (Å²) in [4.78, 5) is 0. The predicted molar refractivity (Wildman–Crippen MR) is 65.3 cm³/mol. The molecule has 84 valence electrons. The standard InChI is InChI=1S/C13H10FN3/c14-10-1-6-13(9(7-10)8-15)17-12-4-2-11(16)3-5-12/h1-7,17H,16H2. The van der Waals surface area contributed by atoms with E-state index in [4.69, 9.17) is 11.0 Å². The normalized spacial score (nSPS) is 9.65. The average Bonchev–Trinajstić information content (AvgIpc) is 2.34. The lowest BCUT2D eigenvalue weighted by Gasteiger charge is -2.08. The van der Waals surface area contributed by atoms with Crippen molar-refractivity contribution in [1.29, 1.82) is 5.26 Å². The van der Waals surface area contributed by atoms with Crippen molar-refractivity contribution in [2.24, 2.45) is 0 Å². The zero-order chi connectivity index (χ0) is 12.3. The molecule has 0 aromatic heterocycles. The number of hydrogen-bond donors (Lipinski definition) is 2. The fraction of sp³-hybridized carbons (Fsp3) is 0. The van der Waals surface area contributed by atoms with Crippen LogP contribution in [0.2, 0.25) is 0 Å². The van der Waals surface area contributed by atoms with Crippen LogP contribution in [-0.4, -0.2) is 0 Å². The Hall–Kier alpha value is -2.54. The van der Waals surface area contributed by atoms with E-state index in [-0.39, 0.29) is 5.56 Å². The van der Waals surface area contributed by atoms with Gasteiger partial charge in [-0.3, -0.25) is 0 Å². The first kappa shape index (κ1) is 11.0. The summed E-state index contributed by atoms with van der Waals surface area (Å²) in [5.74, 6) is -0.426. The second-order valence-corrected chi connectivity index (χ2v) is 3.55. The highest BCUT2D eigenvalue weighted by Gasteiger charge is 2.03. The Morgan fingerprint density at radius 3 is 2.47 bits per heavy atom. The molecule has 0 spiro atoms. The van der Waals surface area contributed by atoms with Crippen LogP contribution in [0.1, 0.15) is 5.56 Å². The number of nitrogens with two attached hydrogens (primary N) is 1. The highest BCUT2D eigenvalue weighted by molar-refractivity contribution is 5.67. The van der Waals surface area contributed by atoms with Gasteiger partial charge in [-0.25, -0.2) is 4.39 Å². The van der Waals surface area contributed by atoms with Gasteiger partial charge in [0.05, 0.1) is 11.3 Å². The molecule has 0 amide bonds. The van der Waals surface area contributed by atoms with E-state index in [1.54, 1.807) is 24.3 Å². The Morgan fingerprint density at radius 2 is 1.82 bits per heavy atom. The van der Waals surface area contributed by atoms with Gasteiger partial charge < -0.3 is 11.1 Å². The fourth-order valence-electron chi connectivity index (χ4n) is 1.44. The molecule has 2 aromatic rings. The molecular weight excluding hydrogens is 217 g/mol. The maximum absolute atomic E-state index is 12.9. The zero-order valence-corrected chi connectivity index (χ0v) is 8.94. The lowest BCUT2D eigenvalue weighted by molar-refractivity contribution is 0.627. The number of anilines is 3. The molecule has 0 atom stereocenters. The third kappa shape index (κ3) is 2.52. The summed E-state index contributed by atoms with van der Waals surface area (Å²) < 4.78 is 12.9. The Balaban J connectivity index is 2.30. The Labute approximate surface area is 98.3 Å². The van der Waals surface area contributed by atoms with Crippen molar-refractivity contribution < 1.29 is 4.39 Å². The minimum absolute atomic E-state index is 0.266. The highest BCUT2D eigenvalue weighted by Crippen LogP contribution is 2.21. The van der Waals surface area contributed by atoms with Gasteiger partial charge in [-0.15, -0.1) is 0 Å². The Morgan fingerprint density at radius 1 is 1.12 bits per heavy atom. The van der Waals surface area contributed by atoms with E-state index in [2.05, 4.69) is 5.32 Å². The van der Waals surface area contributed by atoms with E-state index in [1.807, 2.05) is 6.07 Å². The van der Waals surface area contributed by atoms with Crippen LogP contribution in [-0.2, 0) is 0 Å². The molecule has 17 heavy (non-hydrogen) atoms. The molecule has 0 saturated heterocycles. The molecule has 0 fully saturated rings. The van der Waals surface area contributed by atoms with Crippen LogP contribution < -0.4 is 11.1 Å². The van der Waals surface area contributed by atoms with Crippen molar-refractivity contribution in [3.8, 4) is 6.07 Å². The summed E-state index contributed by atoms with van der Waals surface area (Å²) >= 11 is 0. The first-order valence-electron chi connectivity index (χ1n) is 5.01. The van der Waals surface area contributed by atoms with E-state index < -0.39 is 5.82 Å². The number of benzene rings is 2. The molecule has 2 rings (SSSR count). The Kier molecular flexibility index (Phi) is 2.93. The van der Waals surface area contributed by atoms with E-state index in [0.717, 1.165) is 5.69 Å². The highest BCUT2D eigenvalue weighted by atomic mass is 19.1. The van der Waals surface area contributed by atoms with E-state index >= 15 is 0 Å². The predicted octanol–water partition coefficient (Wildman–Crippen LogP) is 3.02. The number of nitriles is 1. The van der Waals surface area contributed by atoms with Crippen LogP contribution in [0.5, 0.6) is 0 Å². The third-order valence-electron chi connectivity index (χ3n) is 2.29. The summed E-state index contributed by atoms with van der Waals surface area (Å²) in [5, 5.41) is 11.9. The second-order valence-electron chi connectivity index (χ2n) is 3.55. The first-order chi connectivity index (χ1) is 8.19. The molecule has 3 N–H and O–H groups in total. The van der Waals surface area contributed by atoms with Gasteiger partial charge in [0.25, 0.3) is 0 Å². The van der Waals surface area contributed by atoms with Gasteiger partial charge in [0, 0.05) is 11.4 Å². The molecule has 0 radical (unpaired) electrons. The maximum atomic E-state index is 12.9. The number of hydrogen-bond acceptors (Lipinski definition) is 3. The molecule has 0 aliphatic heterocycles. The fourth-order valence-corrected chi connectivity index (χ4v) is 1.44. The monoisotopic (exact) mass is 227 g/mol. The largest absolute Gasteiger partial charge is 0.399 e. The molecule has 4 heteroatoms. The lowest BCUT2D eigenvalue weighted by atomic mass is 10.2. The van der Waals surface area contributed by atoms with Crippen molar-refractivity contribution in [3.05, 3.63) is 53.8 Å². The second kappa shape index (κ2) is 4.54. The zero-order valence-electron chi connectivity index (χ0n) is 8.94. The van der Waals surface area contributed by atoms with Crippen LogP contribution in [0.25, 0.3) is 0 Å². The van der Waals surface area contributed by atoms with E-state index in [9.17, 15) is 4.39 Å². The molecule has 0 bridgehead atoms. The average molecular weight is 227 g/mol. The molecule has 0 aliphatic carbocycles. The van der Waals surface area contributed by atoms with Crippen molar-refractivity contribution in [1.82, 2.24) is 0 Å². The number of nitrogen functional groups attached to an aromatic ring is 1. The molecule has 2 aromatic carbocycles. The molecule has 0 heterocycles. The number of halogens is 1. The van der Waals surface area contributed by atoms with Crippen molar-refractivity contribution >= 4 is 17.1 Å². The summed E-state index contributed by atoms with van der Waals surface area (Å²) in [7, 11) is 0. The van der Waals surface area contributed by atoms with Crippen LogP contribution in [0.15, 0.2) is 42.5 Å². The van der Waals surface area contributed by atoms with Crippen molar-refractivity contribution in [2.45, 2.75) is 0 Å². The topological polar surface area (TPSA) is 61.8 Å². The minimum Gasteiger partial charge on any atom is -0.399 e. The van der Waals surface area contributed by atoms with Crippen molar-refractivity contribution in [2.75, 3.05) is 11.1 Å². The van der Waals surface area contributed by atoms with Gasteiger partial charge in [-0.2, -0.15) is 5.26 Å². The maximum Gasteiger partial charge on any atom is 0.124 e. The summed E-state index contributed by atoms with van der Waals surface area (Å²) in [6.07, 6.45) is 0.